The second-order valence-electron chi connectivity index (χ2n) is 3.12. The summed E-state index contributed by atoms with van der Waals surface area (Å²) in [4.78, 5) is 0. The van der Waals surface area contributed by atoms with Crippen molar-refractivity contribution < 1.29 is 9.47 Å². The molecular weight excluding hydrogens is 200 g/mol. The third-order valence-corrected chi connectivity index (χ3v) is 2.06. The SMILES string of the molecule is C=C/C=C(\C=C)COc1ccccc1OC. The molecule has 0 bridgehead atoms. The van der Waals surface area contributed by atoms with Crippen LogP contribution in [-0.4, -0.2) is 13.7 Å². The summed E-state index contributed by atoms with van der Waals surface area (Å²) in [5.41, 5.74) is 0.973. The highest BCUT2D eigenvalue weighted by Gasteiger charge is 2.02. The molecule has 0 fully saturated rings. The molecule has 0 N–H and O–H groups in total. The van der Waals surface area contributed by atoms with E-state index in [0.717, 1.165) is 17.1 Å². The number of hydrogen-bond donors (Lipinski definition) is 0. The van der Waals surface area contributed by atoms with Crippen molar-refractivity contribution in [1.82, 2.24) is 0 Å². The Morgan fingerprint density at radius 1 is 1.25 bits per heavy atom. The molecule has 2 nitrogen and oxygen atoms in total. The highest BCUT2D eigenvalue weighted by Crippen LogP contribution is 2.26. The maximum Gasteiger partial charge on any atom is 0.161 e. The molecule has 1 rings (SSSR count). The third-order valence-electron chi connectivity index (χ3n) is 2.06. The van der Waals surface area contributed by atoms with Crippen LogP contribution in [0.15, 0.2) is 61.2 Å². The maximum atomic E-state index is 5.62. The van der Waals surface area contributed by atoms with Gasteiger partial charge in [0.05, 0.1) is 7.11 Å². The zero-order valence-corrected chi connectivity index (χ0v) is 9.48. The van der Waals surface area contributed by atoms with Gasteiger partial charge in [0, 0.05) is 0 Å². The van der Waals surface area contributed by atoms with Crippen LogP contribution in [0.5, 0.6) is 11.5 Å². The van der Waals surface area contributed by atoms with Crippen LogP contribution in [-0.2, 0) is 0 Å². The van der Waals surface area contributed by atoms with Crippen molar-refractivity contribution >= 4 is 0 Å². The Bertz CT molecular complexity index is 391. The summed E-state index contributed by atoms with van der Waals surface area (Å²) in [7, 11) is 1.62. The van der Waals surface area contributed by atoms with E-state index in [9.17, 15) is 0 Å². The predicted molar refractivity (Wildman–Crippen MR) is 67.0 cm³/mol. The quantitative estimate of drug-likeness (QED) is 0.679. The molecule has 1 aromatic rings. The van der Waals surface area contributed by atoms with Crippen molar-refractivity contribution in [1.29, 1.82) is 0 Å². The van der Waals surface area contributed by atoms with Gasteiger partial charge in [0.25, 0.3) is 0 Å². The molecule has 0 aliphatic carbocycles. The lowest BCUT2D eigenvalue weighted by Crippen LogP contribution is -2.00. The summed E-state index contributed by atoms with van der Waals surface area (Å²) in [6.07, 6.45) is 5.32. The van der Waals surface area contributed by atoms with E-state index >= 15 is 0 Å². The minimum Gasteiger partial charge on any atom is -0.493 e. The molecule has 0 atom stereocenters. The molecule has 0 spiro atoms. The molecule has 0 saturated carbocycles. The molecule has 84 valence electrons. The highest BCUT2D eigenvalue weighted by atomic mass is 16.5. The molecule has 0 aliphatic rings. The van der Waals surface area contributed by atoms with Gasteiger partial charge in [-0.05, 0) is 17.7 Å². The summed E-state index contributed by atoms with van der Waals surface area (Å²) in [5.74, 6) is 1.45. The molecule has 0 saturated heterocycles. The first-order valence-electron chi connectivity index (χ1n) is 5.01. The Kier molecular flexibility index (Phi) is 4.93. The van der Waals surface area contributed by atoms with Crippen LogP contribution in [0.3, 0.4) is 0 Å². The molecule has 0 heterocycles. The summed E-state index contributed by atoms with van der Waals surface area (Å²) in [6.45, 7) is 7.79. The van der Waals surface area contributed by atoms with E-state index in [2.05, 4.69) is 13.2 Å². The smallest absolute Gasteiger partial charge is 0.161 e. The lowest BCUT2D eigenvalue weighted by atomic mass is 10.2. The maximum absolute atomic E-state index is 5.62. The first-order valence-corrected chi connectivity index (χ1v) is 5.01. The van der Waals surface area contributed by atoms with Gasteiger partial charge in [0.2, 0.25) is 0 Å². The van der Waals surface area contributed by atoms with Crippen molar-refractivity contribution in [3.05, 3.63) is 61.2 Å². The number of hydrogen-bond acceptors (Lipinski definition) is 2. The van der Waals surface area contributed by atoms with Crippen molar-refractivity contribution in [3.63, 3.8) is 0 Å². The Balaban J connectivity index is 2.70. The van der Waals surface area contributed by atoms with Gasteiger partial charge >= 0.3 is 0 Å². The van der Waals surface area contributed by atoms with E-state index < -0.39 is 0 Å². The van der Waals surface area contributed by atoms with E-state index in [4.69, 9.17) is 9.47 Å². The summed E-state index contributed by atoms with van der Waals surface area (Å²) < 4.78 is 10.8. The van der Waals surface area contributed by atoms with Gasteiger partial charge in [0.15, 0.2) is 11.5 Å². The third kappa shape index (κ3) is 3.31. The van der Waals surface area contributed by atoms with Gasteiger partial charge in [-0.1, -0.05) is 43.5 Å². The van der Waals surface area contributed by atoms with Crippen molar-refractivity contribution in [2.75, 3.05) is 13.7 Å². The van der Waals surface area contributed by atoms with Gasteiger partial charge in [-0.25, -0.2) is 0 Å². The molecule has 0 aliphatic heterocycles. The van der Waals surface area contributed by atoms with Gasteiger partial charge < -0.3 is 9.47 Å². The van der Waals surface area contributed by atoms with E-state index in [1.165, 1.54) is 0 Å². The Morgan fingerprint density at radius 3 is 2.50 bits per heavy atom. The Morgan fingerprint density at radius 2 is 1.94 bits per heavy atom. The van der Waals surface area contributed by atoms with Gasteiger partial charge in [-0.15, -0.1) is 0 Å². The highest BCUT2D eigenvalue weighted by molar-refractivity contribution is 5.39. The number of ether oxygens (including phenoxy) is 2. The molecule has 16 heavy (non-hydrogen) atoms. The number of benzene rings is 1. The van der Waals surface area contributed by atoms with E-state index in [1.54, 1.807) is 19.3 Å². The minimum atomic E-state index is 0.454. The summed E-state index contributed by atoms with van der Waals surface area (Å²) in [6, 6.07) is 7.54. The summed E-state index contributed by atoms with van der Waals surface area (Å²) >= 11 is 0. The van der Waals surface area contributed by atoms with Crippen molar-refractivity contribution in [2.24, 2.45) is 0 Å². The van der Waals surface area contributed by atoms with E-state index in [1.807, 2.05) is 30.3 Å². The summed E-state index contributed by atoms with van der Waals surface area (Å²) in [5, 5.41) is 0. The number of methoxy groups -OCH3 is 1. The molecular formula is C14H16O2. The Labute approximate surface area is 96.5 Å². The molecule has 1 aromatic carbocycles. The van der Waals surface area contributed by atoms with Gasteiger partial charge in [0.1, 0.15) is 6.61 Å². The van der Waals surface area contributed by atoms with Crippen LogP contribution in [0.1, 0.15) is 0 Å². The fourth-order valence-electron chi connectivity index (χ4n) is 1.23. The monoisotopic (exact) mass is 216 g/mol. The second-order valence-corrected chi connectivity index (χ2v) is 3.12. The van der Waals surface area contributed by atoms with Crippen LogP contribution < -0.4 is 9.47 Å². The lowest BCUT2D eigenvalue weighted by molar-refractivity contribution is 0.321. The fraction of sp³-hybridized carbons (Fsp3) is 0.143. The average Bonchev–Trinajstić information content (AvgIpc) is 2.34. The first-order chi connectivity index (χ1) is 7.81. The zero-order valence-electron chi connectivity index (χ0n) is 9.48. The lowest BCUT2D eigenvalue weighted by Gasteiger charge is -2.10. The van der Waals surface area contributed by atoms with Crippen LogP contribution in [0, 0.1) is 0 Å². The Hall–Kier alpha value is -1.96. The molecule has 0 unspecified atom stereocenters. The van der Waals surface area contributed by atoms with Crippen molar-refractivity contribution in [2.45, 2.75) is 0 Å². The van der Waals surface area contributed by atoms with E-state index in [0.29, 0.717) is 6.61 Å². The first kappa shape index (κ1) is 12.1. The average molecular weight is 216 g/mol. The zero-order chi connectivity index (χ0) is 11.8. The molecule has 0 aromatic heterocycles. The second kappa shape index (κ2) is 6.51. The minimum absolute atomic E-state index is 0.454. The largest absolute Gasteiger partial charge is 0.493 e. The predicted octanol–water partition coefficient (Wildman–Crippen LogP) is 3.37. The van der Waals surface area contributed by atoms with Crippen LogP contribution in [0.25, 0.3) is 0 Å². The van der Waals surface area contributed by atoms with E-state index in [-0.39, 0.29) is 0 Å². The normalized spacial score (nSPS) is 10.7. The standard InChI is InChI=1S/C14H16O2/c1-4-8-12(5-2)11-16-14-10-7-6-9-13(14)15-3/h4-10H,1-2,11H2,3H3/b12-8+. The number of para-hydroxylation sites is 2. The van der Waals surface area contributed by atoms with Crippen LogP contribution in [0.4, 0.5) is 0 Å². The molecule has 0 radical (unpaired) electrons. The molecule has 2 heteroatoms. The van der Waals surface area contributed by atoms with Gasteiger partial charge in [-0.3, -0.25) is 0 Å². The topological polar surface area (TPSA) is 18.5 Å². The van der Waals surface area contributed by atoms with Gasteiger partial charge in [-0.2, -0.15) is 0 Å². The fourth-order valence-corrected chi connectivity index (χ4v) is 1.23. The van der Waals surface area contributed by atoms with Crippen LogP contribution in [0.2, 0.25) is 0 Å². The van der Waals surface area contributed by atoms with Crippen LogP contribution >= 0.6 is 0 Å². The molecule has 0 amide bonds. The number of rotatable bonds is 6. The number of allylic oxidation sites excluding steroid dienone is 2. The van der Waals surface area contributed by atoms with Crippen molar-refractivity contribution in [3.8, 4) is 11.5 Å².